The van der Waals surface area contributed by atoms with Crippen molar-refractivity contribution in [2.24, 2.45) is 0 Å². The van der Waals surface area contributed by atoms with Crippen molar-refractivity contribution in [2.75, 3.05) is 45.4 Å². The van der Waals surface area contributed by atoms with Crippen molar-refractivity contribution in [2.45, 2.75) is 0 Å². The first kappa shape index (κ1) is 14.0. The molecule has 0 unspecified atom stereocenters. The lowest BCUT2D eigenvalue weighted by molar-refractivity contribution is 0.111. The van der Waals surface area contributed by atoms with Gasteiger partial charge in [0.15, 0.2) is 17.1 Å². The first-order valence-corrected chi connectivity index (χ1v) is 6.83. The Morgan fingerprint density at radius 2 is 2.05 bits per heavy atom. The minimum atomic E-state index is 0.573. The Kier molecular flexibility index (Phi) is 4.89. The number of imidazole rings is 1. The Hall–Kier alpha value is -1.44. The van der Waals surface area contributed by atoms with E-state index in [0.717, 1.165) is 11.2 Å². The van der Waals surface area contributed by atoms with Crippen LogP contribution in [0.2, 0.25) is 0 Å². The van der Waals surface area contributed by atoms with Gasteiger partial charge in [-0.05, 0) is 0 Å². The third-order valence-corrected chi connectivity index (χ3v) is 3.58. The second kappa shape index (κ2) is 6.65. The number of nitrogens with zero attached hydrogens (tertiary/aromatic N) is 3. The van der Waals surface area contributed by atoms with Crippen LogP contribution in [0.5, 0.6) is 0 Å². The normalized spacial score (nSPS) is 11.1. The molecule has 0 saturated carbocycles. The quantitative estimate of drug-likeness (QED) is 0.684. The molecule has 2 aromatic rings. The molecule has 0 atom stereocenters. The number of methoxy groups -OCH3 is 2. The van der Waals surface area contributed by atoms with Gasteiger partial charge >= 0.3 is 0 Å². The summed E-state index contributed by atoms with van der Waals surface area (Å²) in [5, 5.41) is 1.91. The Bertz CT molecular complexity index is 529. The molecule has 0 aliphatic heterocycles. The highest BCUT2D eigenvalue weighted by atomic mass is 32.1. The minimum Gasteiger partial charge on any atom is -0.383 e. The molecule has 104 valence electrons. The molecule has 19 heavy (non-hydrogen) atoms. The summed E-state index contributed by atoms with van der Waals surface area (Å²) >= 11 is 1.51. The first-order chi connectivity index (χ1) is 9.31. The minimum absolute atomic E-state index is 0.573. The predicted octanol–water partition coefficient (Wildman–Crippen LogP) is 1.31. The lowest BCUT2D eigenvalue weighted by atomic mass is 10.4. The molecule has 0 fully saturated rings. The third-order valence-electron chi connectivity index (χ3n) is 2.82. The molecule has 0 radical (unpaired) electrons. The van der Waals surface area contributed by atoms with Crippen molar-refractivity contribution in [3.63, 3.8) is 0 Å². The lowest BCUT2D eigenvalue weighted by Crippen LogP contribution is -2.31. The molecular formula is C12H17N3O3S. The number of thiazole rings is 1. The van der Waals surface area contributed by atoms with Crippen molar-refractivity contribution in [1.29, 1.82) is 0 Å². The van der Waals surface area contributed by atoms with E-state index in [1.54, 1.807) is 18.6 Å². The average Bonchev–Trinajstić information content (AvgIpc) is 2.99. The summed E-state index contributed by atoms with van der Waals surface area (Å²) < 4.78 is 12.0. The van der Waals surface area contributed by atoms with Gasteiger partial charge in [-0.15, -0.1) is 11.3 Å². The van der Waals surface area contributed by atoms with Crippen molar-refractivity contribution in [3.05, 3.63) is 17.3 Å². The van der Waals surface area contributed by atoms with Crippen LogP contribution in [0.3, 0.4) is 0 Å². The molecule has 2 rings (SSSR count). The number of carbonyl (C=O) groups is 1. The summed E-state index contributed by atoms with van der Waals surface area (Å²) in [4.78, 5) is 18.6. The predicted molar refractivity (Wildman–Crippen MR) is 74.4 cm³/mol. The van der Waals surface area contributed by atoms with Gasteiger partial charge < -0.3 is 14.4 Å². The van der Waals surface area contributed by atoms with E-state index in [9.17, 15) is 4.79 Å². The molecule has 2 aromatic heterocycles. The van der Waals surface area contributed by atoms with Crippen LogP contribution in [0.25, 0.3) is 4.96 Å². The number of hydrogen-bond acceptors (Lipinski definition) is 6. The lowest BCUT2D eigenvalue weighted by Gasteiger charge is -2.22. The summed E-state index contributed by atoms with van der Waals surface area (Å²) in [5.41, 5.74) is 0.573. The number of anilines is 1. The van der Waals surface area contributed by atoms with Crippen LogP contribution in [-0.4, -0.2) is 56.2 Å². The standard InChI is InChI=1S/C12H17N3O3S/c1-17-6-3-14(4-7-18-2)11-10(9-16)15-5-8-19-12(15)13-11/h5,8-9H,3-4,6-7H2,1-2H3. The Morgan fingerprint density at radius 1 is 1.37 bits per heavy atom. The van der Waals surface area contributed by atoms with Gasteiger partial charge in [0.25, 0.3) is 0 Å². The third kappa shape index (κ3) is 2.94. The van der Waals surface area contributed by atoms with Crippen molar-refractivity contribution >= 4 is 28.4 Å². The van der Waals surface area contributed by atoms with Crippen LogP contribution < -0.4 is 4.90 Å². The van der Waals surface area contributed by atoms with E-state index < -0.39 is 0 Å². The Morgan fingerprint density at radius 3 is 2.63 bits per heavy atom. The molecule has 2 heterocycles. The van der Waals surface area contributed by atoms with E-state index in [4.69, 9.17) is 9.47 Å². The highest BCUT2D eigenvalue weighted by Crippen LogP contribution is 2.23. The number of ether oxygens (including phenoxy) is 2. The number of aldehydes is 1. The SMILES string of the molecule is COCCN(CCOC)c1nc2sccn2c1C=O. The van der Waals surface area contributed by atoms with Gasteiger partial charge in [0.1, 0.15) is 5.69 Å². The molecule has 0 aromatic carbocycles. The number of fused-ring (bicyclic) bond motifs is 1. The summed E-state index contributed by atoms with van der Waals surface area (Å²) in [6.07, 6.45) is 2.69. The molecule has 0 spiro atoms. The monoisotopic (exact) mass is 283 g/mol. The Balaban J connectivity index is 2.30. The molecule has 0 bridgehead atoms. The molecule has 0 amide bonds. The van der Waals surface area contributed by atoms with E-state index in [0.29, 0.717) is 37.8 Å². The van der Waals surface area contributed by atoms with Crippen molar-refractivity contribution in [3.8, 4) is 0 Å². The second-order valence-electron chi connectivity index (χ2n) is 3.97. The fourth-order valence-electron chi connectivity index (χ4n) is 1.86. The molecular weight excluding hydrogens is 266 g/mol. The maximum absolute atomic E-state index is 11.3. The summed E-state index contributed by atoms with van der Waals surface area (Å²) in [5.74, 6) is 0.691. The van der Waals surface area contributed by atoms with Gasteiger partial charge in [-0.1, -0.05) is 0 Å². The molecule has 6 nitrogen and oxygen atoms in total. The van der Waals surface area contributed by atoms with Crippen LogP contribution in [0.4, 0.5) is 5.82 Å². The summed E-state index contributed by atoms with van der Waals surface area (Å²) in [6, 6.07) is 0. The number of carbonyl (C=O) groups excluding carboxylic acids is 1. The Labute approximate surface area is 115 Å². The number of hydrogen-bond donors (Lipinski definition) is 0. The van der Waals surface area contributed by atoms with E-state index in [1.807, 2.05) is 16.5 Å². The maximum atomic E-state index is 11.3. The topological polar surface area (TPSA) is 56.1 Å². The molecule has 0 saturated heterocycles. The average molecular weight is 283 g/mol. The van der Waals surface area contributed by atoms with Gasteiger partial charge in [-0.2, -0.15) is 0 Å². The fraction of sp³-hybridized carbons (Fsp3) is 0.500. The van der Waals surface area contributed by atoms with Crippen molar-refractivity contribution in [1.82, 2.24) is 9.38 Å². The summed E-state index contributed by atoms with van der Waals surface area (Å²) in [7, 11) is 3.31. The second-order valence-corrected chi connectivity index (χ2v) is 4.84. The molecule has 7 heteroatoms. The van der Waals surface area contributed by atoms with Gasteiger partial charge in [0.2, 0.25) is 0 Å². The smallest absolute Gasteiger partial charge is 0.196 e. The van der Waals surface area contributed by atoms with Crippen LogP contribution in [0, 0.1) is 0 Å². The van der Waals surface area contributed by atoms with E-state index in [2.05, 4.69) is 4.98 Å². The van der Waals surface area contributed by atoms with E-state index >= 15 is 0 Å². The van der Waals surface area contributed by atoms with Gasteiger partial charge in [0, 0.05) is 38.9 Å². The zero-order valence-corrected chi connectivity index (χ0v) is 11.9. The van der Waals surface area contributed by atoms with E-state index in [-0.39, 0.29) is 0 Å². The highest BCUT2D eigenvalue weighted by Gasteiger charge is 2.18. The number of rotatable bonds is 8. The van der Waals surface area contributed by atoms with Crippen LogP contribution in [-0.2, 0) is 9.47 Å². The van der Waals surface area contributed by atoms with Gasteiger partial charge in [-0.3, -0.25) is 9.20 Å². The van der Waals surface area contributed by atoms with Crippen LogP contribution >= 0.6 is 11.3 Å². The van der Waals surface area contributed by atoms with Gasteiger partial charge in [0.05, 0.1) is 13.2 Å². The van der Waals surface area contributed by atoms with Crippen LogP contribution in [0.15, 0.2) is 11.6 Å². The van der Waals surface area contributed by atoms with Gasteiger partial charge in [-0.25, -0.2) is 4.98 Å². The van der Waals surface area contributed by atoms with Crippen molar-refractivity contribution < 1.29 is 14.3 Å². The number of aromatic nitrogens is 2. The maximum Gasteiger partial charge on any atom is 0.196 e. The largest absolute Gasteiger partial charge is 0.383 e. The van der Waals surface area contributed by atoms with E-state index in [1.165, 1.54) is 11.3 Å². The first-order valence-electron chi connectivity index (χ1n) is 5.95. The molecule has 0 N–H and O–H groups in total. The highest BCUT2D eigenvalue weighted by molar-refractivity contribution is 7.15. The van der Waals surface area contributed by atoms with Crippen LogP contribution in [0.1, 0.15) is 10.5 Å². The zero-order valence-electron chi connectivity index (χ0n) is 11.0. The fourth-order valence-corrected chi connectivity index (χ4v) is 2.58. The summed E-state index contributed by atoms with van der Waals surface area (Å²) in [6.45, 7) is 2.50. The molecule has 0 aliphatic rings. The zero-order chi connectivity index (χ0) is 13.7. The molecule has 0 aliphatic carbocycles.